The first-order chi connectivity index (χ1) is 4.67. The molecular formula is C6H15ClOSi2. The van der Waals surface area contributed by atoms with Crippen molar-refractivity contribution in [1.29, 1.82) is 0 Å². The van der Waals surface area contributed by atoms with Crippen molar-refractivity contribution in [2.75, 3.05) is 12.5 Å². The van der Waals surface area contributed by atoms with Gasteiger partial charge in [-0.2, -0.15) is 0 Å². The van der Waals surface area contributed by atoms with Gasteiger partial charge >= 0.3 is 0 Å². The Bertz CT molecular complexity index is 118. The predicted molar refractivity (Wildman–Crippen MR) is 52.0 cm³/mol. The van der Waals surface area contributed by atoms with Gasteiger partial charge in [-0.05, 0) is 18.8 Å². The molecule has 1 rings (SSSR count). The highest BCUT2D eigenvalue weighted by Gasteiger charge is 2.31. The molecule has 1 nitrogen and oxygen atoms in total. The van der Waals surface area contributed by atoms with E-state index >= 15 is 0 Å². The van der Waals surface area contributed by atoms with E-state index in [1.54, 1.807) is 0 Å². The summed E-state index contributed by atoms with van der Waals surface area (Å²) < 4.78 is 5.71. The van der Waals surface area contributed by atoms with E-state index in [4.69, 9.17) is 16.3 Å². The number of halogens is 1. The van der Waals surface area contributed by atoms with Gasteiger partial charge in [-0.25, -0.2) is 0 Å². The zero-order valence-corrected chi connectivity index (χ0v) is 11.4. The number of hydrogen-bond acceptors (Lipinski definition) is 1. The van der Waals surface area contributed by atoms with Gasteiger partial charge in [0.1, 0.15) is 0 Å². The van der Waals surface area contributed by atoms with Crippen molar-refractivity contribution in [3.8, 4) is 0 Å². The first kappa shape index (κ1) is 8.78. The Morgan fingerprint density at radius 3 is 2.70 bits per heavy atom. The van der Waals surface area contributed by atoms with Crippen molar-refractivity contribution in [2.24, 2.45) is 5.92 Å². The minimum atomic E-state index is 0.292. The minimum absolute atomic E-state index is 0.292. The molecule has 0 saturated carbocycles. The third-order valence-electron chi connectivity index (χ3n) is 2.34. The van der Waals surface area contributed by atoms with E-state index < -0.39 is 0 Å². The summed E-state index contributed by atoms with van der Waals surface area (Å²) in [5.41, 5.74) is 0. The van der Waals surface area contributed by atoms with Gasteiger partial charge in [0, 0.05) is 37.8 Å². The van der Waals surface area contributed by atoms with Crippen molar-refractivity contribution in [2.45, 2.75) is 17.7 Å². The summed E-state index contributed by atoms with van der Waals surface area (Å²) in [5, 5.41) is 0. The Labute approximate surface area is 73.3 Å². The molecule has 0 aromatic heterocycles. The molecule has 10 heavy (non-hydrogen) atoms. The molecule has 1 heterocycles. The molecule has 0 bridgehead atoms. The van der Waals surface area contributed by atoms with Crippen LogP contribution in [0.15, 0.2) is 0 Å². The van der Waals surface area contributed by atoms with Gasteiger partial charge in [0.15, 0.2) is 0 Å². The summed E-state index contributed by atoms with van der Waals surface area (Å²) in [5.74, 6) is 1.47. The van der Waals surface area contributed by atoms with Crippen LogP contribution in [0.1, 0.15) is 12.8 Å². The summed E-state index contributed by atoms with van der Waals surface area (Å²) >= 11 is 5.83. The Balaban J connectivity index is 2.51. The second-order valence-corrected chi connectivity index (χ2v) is 9.73. The highest BCUT2D eigenvalue weighted by Crippen LogP contribution is 2.26. The molecule has 1 unspecified atom stereocenters. The molecule has 4 heteroatoms. The van der Waals surface area contributed by atoms with Crippen LogP contribution in [0.4, 0.5) is 0 Å². The van der Waals surface area contributed by atoms with Crippen molar-refractivity contribution in [3.63, 3.8) is 0 Å². The Morgan fingerprint density at radius 2 is 2.30 bits per heavy atom. The number of alkyl halides is 1. The van der Waals surface area contributed by atoms with Crippen LogP contribution >= 0.6 is 11.6 Å². The monoisotopic (exact) mass is 194 g/mol. The van der Waals surface area contributed by atoms with E-state index in [0.29, 0.717) is 10.8 Å². The second kappa shape index (κ2) is 3.39. The van der Waals surface area contributed by atoms with Crippen LogP contribution in [0, 0.1) is 5.92 Å². The van der Waals surface area contributed by atoms with Crippen molar-refractivity contribution in [3.05, 3.63) is 0 Å². The fraction of sp³-hybridized carbons (Fsp3) is 1.00. The maximum Gasteiger partial charge on any atom is 0.0464 e. The Hall–Kier alpha value is 0.684. The van der Waals surface area contributed by atoms with E-state index in [1.807, 2.05) is 0 Å². The Kier molecular flexibility index (Phi) is 2.97. The van der Waals surface area contributed by atoms with Crippen LogP contribution < -0.4 is 0 Å². The summed E-state index contributed by atoms with van der Waals surface area (Å²) in [6.07, 6.45) is 2.50. The SMILES string of the molecule is [SiH3]C1([SiH3])OCCCC1CCl. The van der Waals surface area contributed by atoms with E-state index in [0.717, 1.165) is 33.0 Å². The highest BCUT2D eigenvalue weighted by molar-refractivity contribution is 6.39. The Morgan fingerprint density at radius 1 is 1.60 bits per heavy atom. The van der Waals surface area contributed by atoms with E-state index in [9.17, 15) is 0 Å². The minimum Gasteiger partial charge on any atom is -0.384 e. The van der Waals surface area contributed by atoms with Crippen molar-refractivity contribution in [1.82, 2.24) is 0 Å². The van der Waals surface area contributed by atoms with Crippen LogP contribution in [0.2, 0.25) is 0 Å². The van der Waals surface area contributed by atoms with Gasteiger partial charge in [0.25, 0.3) is 0 Å². The van der Waals surface area contributed by atoms with E-state index in [-0.39, 0.29) is 0 Å². The normalized spacial score (nSPS) is 42.3. The van der Waals surface area contributed by atoms with Crippen molar-refractivity contribution < 1.29 is 4.74 Å². The average Bonchev–Trinajstić information content (AvgIpc) is 1.87. The molecule has 0 radical (unpaired) electrons. The average molecular weight is 195 g/mol. The maximum absolute atomic E-state index is 5.83. The van der Waals surface area contributed by atoms with E-state index in [2.05, 4.69) is 0 Å². The second-order valence-electron chi connectivity index (χ2n) is 3.45. The molecule has 0 aliphatic carbocycles. The van der Waals surface area contributed by atoms with Crippen LogP contribution in [-0.2, 0) is 4.74 Å². The molecule has 0 N–H and O–H groups in total. The third kappa shape index (κ3) is 1.84. The predicted octanol–water partition coefficient (Wildman–Crippen LogP) is -0.964. The lowest BCUT2D eigenvalue weighted by atomic mass is 10.0. The van der Waals surface area contributed by atoms with Gasteiger partial charge < -0.3 is 4.74 Å². The summed E-state index contributed by atoms with van der Waals surface area (Å²) in [6, 6.07) is 0. The zero-order chi connectivity index (χ0) is 7.61. The molecular weight excluding hydrogens is 180 g/mol. The van der Waals surface area contributed by atoms with Crippen LogP contribution in [0.3, 0.4) is 0 Å². The largest absolute Gasteiger partial charge is 0.384 e. The number of ether oxygens (including phenoxy) is 1. The van der Waals surface area contributed by atoms with Gasteiger partial charge in [-0.1, -0.05) is 0 Å². The lowest BCUT2D eigenvalue weighted by molar-refractivity contribution is 0.00271. The first-order valence-electron chi connectivity index (χ1n) is 3.87. The highest BCUT2D eigenvalue weighted by atomic mass is 35.5. The number of rotatable bonds is 1. The first-order valence-corrected chi connectivity index (χ1v) is 6.40. The lowest BCUT2D eigenvalue weighted by Gasteiger charge is -2.37. The molecule has 1 aliphatic rings. The molecule has 1 saturated heterocycles. The van der Waals surface area contributed by atoms with Crippen LogP contribution in [0.5, 0.6) is 0 Å². The third-order valence-corrected chi connectivity index (χ3v) is 4.92. The summed E-state index contributed by atoms with van der Waals surface area (Å²) in [4.78, 5) is 0.292. The van der Waals surface area contributed by atoms with E-state index in [1.165, 1.54) is 12.8 Å². The molecule has 0 amide bonds. The summed E-state index contributed by atoms with van der Waals surface area (Å²) in [7, 11) is 2.32. The molecule has 1 fully saturated rings. The fourth-order valence-corrected chi connectivity index (χ4v) is 3.83. The fourth-order valence-electron chi connectivity index (χ4n) is 1.39. The van der Waals surface area contributed by atoms with Crippen molar-refractivity contribution >= 4 is 32.1 Å². The van der Waals surface area contributed by atoms with Gasteiger partial charge in [0.2, 0.25) is 0 Å². The van der Waals surface area contributed by atoms with Gasteiger partial charge in [-0.15, -0.1) is 11.6 Å². The summed E-state index contributed by atoms with van der Waals surface area (Å²) in [6.45, 7) is 0.973. The molecule has 0 aromatic rings. The van der Waals surface area contributed by atoms with Crippen LogP contribution in [-0.4, -0.2) is 37.8 Å². The maximum atomic E-state index is 5.83. The quantitative estimate of drug-likeness (QED) is 0.386. The molecule has 0 aromatic carbocycles. The van der Waals surface area contributed by atoms with Gasteiger partial charge in [0.05, 0.1) is 0 Å². The standard InChI is InChI=1S/C6H15ClOSi2/c7-4-5-2-1-3-8-6(5,9)10/h5H,1-4H2,9-10H3. The molecule has 1 aliphatic heterocycles. The molecule has 1 atom stereocenters. The molecule has 0 spiro atoms. The zero-order valence-electron chi connectivity index (χ0n) is 6.69. The molecule has 60 valence electrons. The van der Waals surface area contributed by atoms with Crippen LogP contribution in [0.25, 0.3) is 0 Å². The topological polar surface area (TPSA) is 9.23 Å². The van der Waals surface area contributed by atoms with Gasteiger partial charge in [-0.3, -0.25) is 0 Å². The lowest BCUT2D eigenvalue weighted by Crippen LogP contribution is -2.46. The number of hydrogen-bond donors (Lipinski definition) is 0. The smallest absolute Gasteiger partial charge is 0.0464 e.